The minimum absolute atomic E-state index is 0.470. The summed E-state index contributed by atoms with van der Waals surface area (Å²) in [4.78, 5) is 2.60. The number of piperidine rings is 1. The van der Waals surface area contributed by atoms with Gasteiger partial charge in [0.15, 0.2) is 0 Å². The van der Waals surface area contributed by atoms with Gasteiger partial charge in [-0.2, -0.15) is 0 Å². The van der Waals surface area contributed by atoms with Crippen LogP contribution in [0.15, 0.2) is 22.8 Å². The molecule has 3 heteroatoms. The van der Waals surface area contributed by atoms with Crippen molar-refractivity contribution in [2.45, 2.75) is 38.3 Å². The molecule has 1 aromatic heterocycles. The molecule has 0 aromatic carbocycles. The fourth-order valence-electron chi connectivity index (χ4n) is 3.45. The third-order valence-corrected chi connectivity index (χ3v) is 4.33. The lowest BCUT2D eigenvalue weighted by molar-refractivity contribution is 0.201. The van der Waals surface area contributed by atoms with Crippen LogP contribution >= 0.6 is 0 Å². The van der Waals surface area contributed by atoms with Crippen LogP contribution in [0.5, 0.6) is 0 Å². The molecule has 0 radical (unpaired) electrons. The molecule has 3 unspecified atom stereocenters. The predicted octanol–water partition coefficient (Wildman–Crippen LogP) is 2.41. The lowest BCUT2D eigenvalue weighted by atomic mass is 9.94. The largest absolute Gasteiger partial charge is 0.468 e. The lowest BCUT2D eigenvalue weighted by Gasteiger charge is -2.25. The normalized spacial score (nSPS) is 31.4. The molecule has 94 valence electrons. The van der Waals surface area contributed by atoms with E-state index in [4.69, 9.17) is 4.42 Å². The van der Waals surface area contributed by atoms with Crippen molar-refractivity contribution < 1.29 is 4.42 Å². The number of nitrogens with one attached hydrogen (secondary N) is 1. The highest BCUT2D eigenvalue weighted by Gasteiger charge is 2.37. The van der Waals surface area contributed by atoms with Crippen LogP contribution < -0.4 is 5.32 Å². The van der Waals surface area contributed by atoms with Gasteiger partial charge in [0.05, 0.1) is 12.3 Å². The van der Waals surface area contributed by atoms with E-state index in [1.54, 1.807) is 6.26 Å². The Morgan fingerprint density at radius 1 is 1.53 bits per heavy atom. The third-order valence-electron chi connectivity index (χ3n) is 4.33. The van der Waals surface area contributed by atoms with E-state index in [0.717, 1.165) is 18.1 Å². The van der Waals surface area contributed by atoms with Gasteiger partial charge in [-0.05, 0) is 43.9 Å². The zero-order valence-electron chi connectivity index (χ0n) is 10.6. The molecule has 1 aromatic rings. The number of likely N-dealkylation sites (tertiary alicyclic amines) is 1. The van der Waals surface area contributed by atoms with Crippen molar-refractivity contribution in [2.24, 2.45) is 5.92 Å². The molecule has 0 amide bonds. The molecule has 2 aliphatic rings. The van der Waals surface area contributed by atoms with E-state index in [1.165, 1.54) is 32.5 Å². The summed E-state index contributed by atoms with van der Waals surface area (Å²) < 4.78 is 5.59. The maximum Gasteiger partial charge on any atom is 0.120 e. The highest BCUT2D eigenvalue weighted by molar-refractivity contribution is 5.07. The second kappa shape index (κ2) is 4.83. The smallest absolute Gasteiger partial charge is 0.120 e. The first kappa shape index (κ1) is 11.3. The van der Waals surface area contributed by atoms with Crippen LogP contribution in [0.1, 0.15) is 38.0 Å². The van der Waals surface area contributed by atoms with Gasteiger partial charge in [0.2, 0.25) is 0 Å². The minimum atomic E-state index is 0.470. The van der Waals surface area contributed by atoms with E-state index < -0.39 is 0 Å². The standard InChI is InChI=1S/C14H22N2O/c1-2-13(14-6-4-8-17-14)16-9-11-5-3-7-15-12(11)10-16/h4,6,8,11-13,15H,2-3,5,7,9-10H2,1H3. The molecule has 0 spiro atoms. The van der Waals surface area contributed by atoms with Gasteiger partial charge in [-0.3, -0.25) is 4.90 Å². The molecule has 17 heavy (non-hydrogen) atoms. The Morgan fingerprint density at radius 3 is 3.18 bits per heavy atom. The summed E-state index contributed by atoms with van der Waals surface area (Å²) >= 11 is 0. The monoisotopic (exact) mass is 234 g/mol. The Balaban J connectivity index is 1.72. The van der Waals surface area contributed by atoms with Gasteiger partial charge in [0.1, 0.15) is 5.76 Å². The van der Waals surface area contributed by atoms with E-state index in [9.17, 15) is 0 Å². The zero-order chi connectivity index (χ0) is 11.7. The van der Waals surface area contributed by atoms with E-state index in [-0.39, 0.29) is 0 Å². The van der Waals surface area contributed by atoms with Gasteiger partial charge in [0, 0.05) is 19.1 Å². The van der Waals surface area contributed by atoms with Gasteiger partial charge in [-0.25, -0.2) is 0 Å². The molecule has 3 rings (SSSR count). The molecule has 2 fully saturated rings. The van der Waals surface area contributed by atoms with Gasteiger partial charge in [0.25, 0.3) is 0 Å². The quantitative estimate of drug-likeness (QED) is 0.870. The number of hydrogen-bond acceptors (Lipinski definition) is 3. The van der Waals surface area contributed by atoms with Gasteiger partial charge in [-0.1, -0.05) is 6.92 Å². The summed E-state index contributed by atoms with van der Waals surface area (Å²) in [6.07, 6.45) is 5.65. The summed E-state index contributed by atoms with van der Waals surface area (Å²) in [5, 5.41) is 3.66. The Labute approximate surface area is 103 Å². The second-order valence-corrected chi connectivity index (χ2v) is 5.36. The molecule has 2 saturated heterocycles. The topological polar surface area (TPSA) is 28.4 Å². The molecule has 0 bridgehead atoms. The van der Waals surface area contributed by atoms with E-state index >= 15 is 0 Å². The van der Waals surface area contributed by atoms with Crippen molar-refractivity contribution >= 4 is 0 Å². The molecule has 3 atom stereocenters. The number of fused-ring (bicyclic) bond motifs is 1. The number of furan rings is 1. The Hall–Kier alpha value is -0.800. The fraction of sp³-hybridized carbons (Fsp3) is 0.714. The molecule has 0 saturated carbocycles. The number of nitrogens with zero attached hydrogens (tertiary/aromatic N) is 1. The van der Waals surface area contributed by atoms with Crippen LogP contribution in [-0.4, -0.2) is 30.6 Å². The van der Waals surface area contributed by atoms with Gasteiger partial charge in [-0.15, -0.1) is 0 Å². The van der Waals surface area contributed by atoms with Gasteiger partial charge < -0.3 is 9.73 Å². The molecule has 0 aliphatic carbocycles. The highest BCUT2D eigenvalue weighted by Crippen LogP contribution is 2.33. The summed E-state index contributed by atoms with van der Waals surface area (Å²) in [6, 6.07) is 5.30. The molecule has 3 nitrogen and oxygen atoms in total. The molecular formula is C14H22N2O. The number of rotatable bonds is 3. The molecule has 3 heterocycles. The van der Waals surface area contributed by atoms with Crippen LogP contribution in [0, 0.1) is 5.92 Å². The van der Waals surface area contributed by atoms with Crippen molar-refractivity contribution in [3.63, 3.8) is 0 Å². The average molecular weight is 234 g/mol. The highest BCUT2D eigenvalue weighted by atomic mass is 16.3. The third kappa shape index (κ3) is 2.14. The lowest BCUT2D eigenvalue weighted by Crippen LogP contribution is -2.40. The first-order chi connectivity index (χ1) is 8.38. The van der Waals surface area contributed by atoms with E-state index in [2.05, 4.69) is 23.2 Å². The minimum Gasteiger partial charge on any atom is -0.468 e. The Bertz CT molecular complexity index is 335. The average Bonchev–Trinajstić information content (AvgIpc) is 2.98. The maximum absolute atomic E-state index is 5.59. The van der Waals surface area contributed by atoms with Crippen molar-refractivity contribution in [3.8, 4) is 0 Å². The predicted molar refractivity (Wildman–Crippen MR) is 67.8 cm³/mol. The van der Waals surface area contributed by atoms with Crippen LogP contribution in [0.3, 0.4) is 0 Å². The molecular weight excluding hydrogens is 212 g/mol. The Morgan fingerprint density at radius 2 is 2.47 bits per heavy atom. The van der Waals surface area contributed by atoms with E-state index in [1.807, 2.05) is 6.07 Å². The summed E-state index contributed by atoms with van der Waals surface area (Å²) in [5.41, 5.74) is 0. The summed E-state index contributed by atoms with van der Waals surface area (Å²) in [6.45, 7) is 5.87. The van der Waals surface area contributed by atoms with E-state index in [0.29, 0.717) is 12.1 Å². The van der Waals surface area contributed by atoms with Crippen molar-refractivity contribution in [1.29, 1.82) is 0 Å². The molecule has 1 N–H and O–H groups in total. The first-order valence-electron chi connectivity index (χ1n) is 6.89. The SMILES string of the molecule is CCC(c1ccco1)N1CC2CCCNC2C1. The van der Waals surface area contributed by atoms with Crippen LogP contribution in [0.2, 0.25) is 0 Å². The van der Waals surface area contributed by atoms with Crippen molar-refractivity contribution in [1.82, 2.24) is 10.2 Å². The van der Waals surface area contributed by atoms with Crippen LogP contribution in [-0.2, 0) is 0 Å². The van der Waals surface area contributed by atoms with Crippen LogP contribution in [0.4, 0.5) is 0 Å². The second-order valence-electron chi connectivity index (χ2n) is 5.36. The summed E-state index contributed by atoms with van der Waals surface area (Å²) in [5.74, 6) is 1.99. The fourth-order valence-corrected chi connectivity index (χ4v) is 3.45. The van der Waals surface area contributed by atoms with Crippen molar-refractivity contribution in [2.75, 3.05) is 19.6 Å². The van der Waals surface area contributed by atoms with Gasteiger partial charge >= 0.3 is 0 Å². The van der Waals surface area contributed by atoms with Crippen molar-refractivity contribution in [3.05, 3.63) is 24.2 Å². The Kier molecular flexibility index (Phi) is 3.21. The van der Waals surface area contributed by atoms with Crippen LogP contribution in [0.25, 0.3) is 0 Å². The summed E-state index contributed by atoms with van der Waals surface area (Å²) in [7, 11) is 0. The maximum atomic E-state index is 5.59. The molecule has 2 aliphatic heterocycles. The number of hydrogen-bond donors (Lipinski definition) is 1. The first-order valence-corrected chi connectivity index (χ1v) is 6.89. The zero-order valence-corrected chi connectivity index (χ0v) is 10.6.